The van der Waals surface area contributed by atoms with Gasteiger partial charge in [0.15, 0.2) is 0 Å². The van der Waals surface area contributed by atoms with Gasteiger partial charge in [0.2, 0.25) is 11.8 Å². The first-order chi connectivity index (χ1) is 10.0. The molecule has 0 aromatic heterocycles. The van der Waals surface area contributed by atoms with Gasteiger partial charge in [-0.3, -0.25) is 9.59 Å². The third kappa shape index (κ3) is 2.53. The molecule has 1 aromatic rings. The third-order valence-electron chi connectivity index (χ3n) is 4.15. The van der Waals surface area contributed by atoms with Gasteiger partial charge in [-0.15, -0.1) is 11.8 Å². The summed E-state index contributed by atoms with van der Waals surface area (Å²) in [5.74, 6) is 0.569. The van der Waals surface area contributed by atoms with E-state index in [9.17, 15) is 9.59 Å². The van der Waals surface area contributed by atoms with Gasteiger partial charge >= 0.3 is 0 Å². The molecule has 0 radical (unpaired) electrons. The Morgan fingerprint density at radius 2 is 2.19 bits per heavy atom. The summed E-state index contributed by atoms with van der Waals surface area (Å²) in [6, 6.07) is 6.66. The number of carbonyl (C=O) groups excluding carboxylic acids is 2. The van der Waals surface area contributed by atoms with E-state index in [1.165, 1.54) is 0 Å². The number of benzene rings is 1. The number of nitrogens with one attached hydrogen (secondary N) is 1. The fraction of sp³-hybridized carbons (Fsp3) is 0.467. The van der Waals surface area contributed by atoms with Gasteiger partial charge in [0.05, 0.1) is 11.5 Å². The second kappa shape index (κ2) is 5.35. The number of thioether (sulfide) groups is 1. The normalized spacial score (nSPS) is 27.8. The molecule has 2 amide bonds. The topological polar surface area (TPSA) is 69.6 Å². The highest BCUT2D eigenvalue weighted by atomic mass is 32.2. The van der Waals surface area contributed by atoms with Gasteiger partial charge in [-0.25, -0.2) is 0 Å². The summed E-state index contributed by atoms with van der Waals surface area (Å²) in [6.45, 7) is 2.01. The van der Waals surface area contributed by atoms with E-state index < -0.39 is 6.04 Å². The van der Waals surface area contributed by atoms with E-state index >= 15 is 0 Å². The van der Waals surface area contributed by atoms with Crippen molar-refractivity contribution < 1.29 is 14.7 Å². The van der Waals surface area contributed by atoms with Crippen LogP contribution < -0.4 is 5.32 Å². The summed E-state index contributed by atoms with van der Waals surface area (Å²) in [6.07, 6.45) is 1.34. The molecule has 0 aliphatic carbocycles. The molecule has 2 unspecified atom stereocenters. The monoisotopic (exact) mass is 306 g/mol. The second-order valence-corrected chi connectivity index (χ2v) is 7.11. The number of aliphatic hydroxyl groups is 1. The van der Waals surface area contributed by atoms with Crippen LogP contribution in [0.2, 0.25) is 0 Å². The fourth-order valence-corrected chi connectivity index (χ4v) is 4.37. The number of rotatable bonds is 3. The van der Waals surface area contributed by atoms with Crippen molar-refractivity contribution in [3.05, 3.63) is 29.8 Å². The minimum Gasteiger partial charge on any atom is -0.392 e. The van der Waals surface area contributed by atoms with E-state index in [4.69, 9.17) is 5.11 Å². The Kier molecular flexibility index (Phi) is 3.67. The molecule has 2 fully saturated rings. The lowest BCUT2D eigenvalue weighted by Gasteiger charge is -2.29. The Hall–Kier alpha value is -1.53. The molecule has 0 bridgehead atoms. The lowest BCUT2D eigenvalue weighted by molar-refractivity contribution is -0.135. The van der Waals surface area contributed by atoms with Crippen LogP contribution in [0.5, 0.6) is 0 Å². The minimum atomic E-state index is -0.396. The van der Waals surface area contributed by atoms with Crippen LogP contribution in [0.1, 0.15) is 25.3 Å². The van der Waals surface area contributed by atoms with Crippen LogP contribution in [0.3, 0.4) is 0 Å². The first-order valence-electron chi connectivity index (χ1n) is 7.00. The summed E-state index contributed by atoms with van der Waals surface area (Å²) in [4.78, 5) is 26.0. The molecule has 2 aliphatic heterocycles. The summed E-state index contributed by atoms with van der Waals surface area (Å²) in [5.41, 5.74) is 1.48. The molecular weight excluding hydrogens is 288 g/mol. The van der Waals surface area contributed by atoms with Gasteiger partial charge in [-0.05, 0) is 31.0 Å². The van der Waals surface area contributed by atoms with Crippen LogP contribution in [-0.4, -0.2) is 38.5 Å². The zero-order chi connectivity index (χ0) is 15.0. The van der Waals surface area contributed by atoms with Gasteiger partial charge in [0, 0.05) is 17.9 Å². The summed E-state index contributed by atoms with van der Waals surface area (Å²) in [7, 11) is 0. The summed E-state index contributed by atoms with van der Waals surface area (Å²) < 4.78 is 0. The van der Waals surface area contributed by atoms with Crippen molar-refractivity contribution in [2.24, 2.45) is 0 Å². The highest BCUT2D eigenvalue weighted by Crippen LogP contribution is 2.47. The Bertz CT molecular complexity index is 575. The Balaban J connectivity index is 1.72. The van der Waals surface area contributed by atoms with Crippen LogP contribution in [-0.2, 0) is 16.2 Å². The van der Waals surface area contributed by atoms with Crippen LogP contribution in [0.25, 0.3) is 0 Å². The van der Waals surface area contributed by atoms with E-state index in [1.54, 1.807) is 40.9 Å². The molecule has 112 valence electrons. The lowest BCUT2D eigenvalue weighted by Crippen LogP contribution is -2.48. The van der Waals surface area contributed by atoms with Crippen LogP contribution in [0.4, 0.5) is 5.69 Å². The molecule has 2 heterocycles. The molecule has 0 spiro atoms. The fourth-order valence-electron chi connectivity index (χ4n) is 2.93. The number of fused-ring (bicyclic) bond motifs is 1. The second-order valence-electron chi connectivity index (χ2n) is 5.61. The van der Waals surface area contributed by atoms with Crippen molar-refractivity contribution in [3.8, 4) is 0 Å². The van der Waals surface area contributed by atoms with Gasteiger partial charge < -0.3 is 15.3 Å². The summed E-state index contributed by atoms with van der Waals surface area (Å²) in [5, 5.41) is 11.9. The van der Waals surface area contributed by atoms with E-state index in [-0.39, 0.29) is 23.3 Å². The number of anilines is 1. The van der Waals surface area contributed by atoms with Gasteiger partial charge in [-0.1, -0.05) is 12.1 Å². The molecule has 2 aliphatic rings. The number of carbonyl (C=O) groups is 2. The van der Waals surface area contributed by atoms with Crippen molar-refractivity contribution in [1.29, 1.82) is 0 Å². The molecule has 2 N–H and O–H groups in total. The smallest absolute Gasteiger partial charge is 0.248 e. The largest absolute Gasteiger partial charge is 0.392 e. The Morgan fingerprint density at radius 1 is 1.48 bits per heavy atom. The van der Waals surface area contributed by atoms with E-state index in [1.807, 2.05) is 6.92 Å². The van der Waals surface area contributed by atoms with Crippen LogP contribution >= 0.6 is 11.8 Å². The molecule has 21 heavy (non-hydrogen) atoms. The molecule has 0 saturated carbocycles. The average Bonchev–Trinajstić information content (AvgIpc) is 2.97. The average molecular weight is 306 g/mol. The van der Waals surface area contributed by atoms with E-state index in [0.29, 0.717) is 17.9 Å². The number of nitrogens with zero attached hydrogens (tertiary/aromatic N) is 1. The zero-order valence-electron chi connectivity index (χ0n) is 11.8. The predicted octanol–water partition coefficient (Wildman–Crippen LogP) is 1.57. The molecule has 1 aromatic carbocycles. The maximum Gasteiger partial charge on any atom is 0.248 e. The molecule has 3 rings (SSSR count). The lowest BCUT2D eigenvalue weighted by atomic mass is 10.2. The maximum absolute atomic E-state index is 12.4. The van der Waals surface area contributed by atoms with E-state index in [0.717, 1.165) is 12.0 Å². The van der Waals surface area contributed by atoms with Gasteiger partial charge in [0.25, 0.3) is 0 Å². The Labute approximate surface area is 127 Å². The van der Waals surface area contributed by atoms with Crippen molar-refractivity contribution in [3.63, 3.8) is 0 Å². The highest BCUT2D eigenvalue weighted by molar-refractivity contribution is 8.01. The van der Waals surface area contributed by atoms with Gasteiger partial charge in [0.1, 0.15) is 6.04 Å². The van der Waals surface area contributed by atoms with Crippen molar-refractivity contribution in [2.75, 3.05) is 11.1 Å². The first kappa shape index (κ1) is 14.4. The minimum absolute atomic E-state index is 0.0197. The van der Waals surface area contributed by atoms with Gasteiger partial charge in [-0.2, -0.15) is 0 Å². The number of aliphatic hydroxyl groups excluding tert-OH is 1. The maximum atomic E-state index is 12.4. The molecule has 2 atom stereocenters. The summed E-state index contributed by atoms with van der Waals surface area (Å²) >= 11 is 1.68. The van der Waals surface area contributed by atoms with Crippen LogP contribution in [0.15, 0.2) is 24.3 Å². The zero-order valence-corrected chi connectivity index (χ0v) is 12.7. The first-order valence-corrected chi connectivity index (χ1v) is 7.99. The van der Waals surface area contributed by atoms with Crippen molar-refractivity contribution in [2.45, 2.75) is 37.3 Å². The third-order valence-corrected chi connectivity index (χ3v) is 5.66. The van der Waals surface area contributed by atoms with Crippen molar-refractivity contribution in [1.82, 2.24) is 4.90 Å². The Morgan fingerprint density at radius 3 is 2.86 bits per heavy atom. The quantitative estimate of drug-likeness (QED) is 0.889. The van der Waals surface area contributed by atoms with Crippen LogP contribution in [0, 0.1) is 0 Å². The SMILES string of the molecule is CC12CCC(=O)N1C(C(=O)Nc1ccc(CO)cc1)CS2. The predicted molar refractivity (Wildman–Crippen MR) is 81.7 cm³/mol. The molecule has 2 saturated heterocycles. The molecular formula is C15H18N2O3S. The number of hydrogen-bond donors (Lipinski definition) is 2. The number of amides is 2. The highest BCUT2D eigenvalue weighted by Gasteiger charge is 2.52. The number of hydrogen-bond acceptors (Lipinski definition) is 4. The molecule has 5 nitrogen and oxygen atoms in total. The van der Waals surface area contributed by atoms with Crippen molar-refractivity contribution >= 4 is 29.3 Å². The molecule has 6 heteroatoms. The van der Waals surface area contributed by atoms with E-state index in [2.05, 4.69) is 5.32 Å². The standard InChI is InChI=1S/C15H18N2O3S/c1-15-7-6-13(19)17(15)12(9-21-15)14(20)16-11-4-2-10(8-18)3-5-11/h2-5,12,18H,6-9H2,1H3,(H,16,20).